The Bertz CT molecular complexity index is 758. The van der Waals surface area contributed by atoms with E-state index in [1.807, 2.05) is 42.1 Å². The zero-order chi connectivity index (χ0) is 18.5. The Kier molecular flexibility index (Phi) is 5.90. The van der Waals surface area contributed by atoms with Crippen LogP contribution in [0.25, 0.3) is 0 Å². The predicted octanol–water partition coefficient (Wildman–Crippen LogP) is 2.78. The highest BCUT2D eigenvalue weighted by molar-refractivity contribution is 7.99. The first-order chi connectivity index (χ1) is 12.7. The van der Waals surface area contributed by atoms with Crippen molar-refractivity contribution in [2.75, 3.05) is 27.1 Å². The summed E-state index contributed by atoms with van der Waals surface area (Å²) in [6.07, 6.45) is 0. The molecule has 2 unspecified atom stereocenters. The lowest BCUT2D eigenvalue weighted by Crippen LogP contribution is -2.35. The van der Waals surface area contributed by atoms with Crippen LogP contribution >= 0.6 is 11.8 Å². The molecule has 0 saturated carbocycles. The third-order valence-corrected chi connectivity index (χ3v) is 5.58. The Hall–Kier alpha value is -2.38. The summed E-state index contributed by atoms with van der Waals surface area (Å²) in [6.45, 7) is 0. The van der Waals surface area contributed by atoms with Crippen molar-refractivity contribution < 1.29 is 14.2 Å². The third kappa shape index (κ3) is 3.59. The van der Waals surface area contributed by atoms with Crippen molar-refractivity contribution >= 4 is 17.5 Å². The van der Waals surface area contributed by atoms with Crippen molar-refractivity contribution in [3.8, 4) is 17.2 Å². The number of ether oxygens (including phenoxy) is 3. The molecule has 1 aliphatic heterocycles. The molecule has 0 bridgehead atoms. The van der Waals surface area contributed by atoms with Crippen LogP contribution < -0.4 is 25.4 Å². The van der Waals surface area contributed by atoms with Gasteiger partial charge in [-0.3, -0.25) is 5.32 Å². The first kappa shape index (κ1) is 18.4. The fourth-order valence-corrected chi connectivity index (χ4v) is 4.29. The van der Waals surface area contributed by atoms with Crippen LogP contribution in [0, 0.1) is 0 Å². The number of nitrogens with one attached hydrogen (secondary N) is 1. The summed E-state index contributed by atoms with van der Waals surface area (Å²) in [7, 11) is 4.77. The highest BCUT2D eigenvalue weighted by atomic mass is 32.2. The zero-order valence-corrected chi connectivity index (χ0v) is 15.9. The average Bonchev–Trinajstić information content (AvgIpc) is 3.18. The van der Waals surface area contributed by atoms with Crippen molar-refractivity contribution in [2.45, 2.75) is 11.4 Å². The number of hydrazone groups is 1. The van der Waals surface area contributed by atoms with Gasteiger partial charge in [-0.2, -0.15) is 5.10 Å². The molecule has 1 saturated heterocycles. The number of benzene rings is 2. The normalized spacial score (nSPS) is 20.0. The summed E-state index contributed by atoms with van der Waals surface area (Å²) in [4.78, 5) is 0. The molecule has 2 atom stereocenters. The first-order valence-corrected chi connectivity index (χ1v) is 9.27. The molecule has 26 heavy (non-hydrogen) atoms. The molecule has 1 fully saturated rings. The van der Waals surface area contributed by atoms with E-state index in [1.165, 1.54) is 5.56 Å². The average molecular weight is 373 g/mol. The quantitative estimate of drug-likeness (QED) is 0.461. The highest BCUT2D eigenvalue weighted by Crippen LogP contribution is 2.40. The lowest BCUT2D eigenvalue weighted by Gasteiger charge is -2.18. The minimum atomic E-state index is 0.0259. The predicted molar refractivity (Wildman–Crippen MR) is 105 cm³/mol. The van der Waals surface area contributed by atoms with E-state index in [-0.39, 0.29) is 11.4 Å². The molecule has 0 radical (unpaired) electrons. The van der Waals surface area contributed by atoms with E-state index in [4.69, 9.17) is 20.1 Å². The largest absolute Gasteiger partial charge is 0.493 e. The molecule has 3 rings (SSSR count). The van der Waals surface area contributed by atoms with Crippen LogP contribution in [-0.2, 0) is 0 Å². The van der Waals surface area contributed by atoms with Crippen LogP contribution in [0.2, 0.25) is 0 Å². The Labute approximate surface area is 157 Å². The number of methoxy groups -OCH3 is 3. The van der Waals surface area contributed by atoms with E-state index in [9.17, 15) is 0 Å². The summed E-state index contributed by atoms with van der Waals surface area (Å²) in [5.41, 5.74) is 2.84. The monoisotopic (exact) mass is 373 g/mol. The van der Waals surface area contributed by atoms with Gasteiger partial charge in [0.15, 0.2) is 11.5 Å². The molecular formula is C19H23N3O3S. The Morgan fingerprint density at radius 3 is 2.27 bits per heavy atom. The van der Waals surface area contributed by atoms with Crippen molar-refractivity contribution in [1.29, 1.82) is 0 Å². The van der Waals surface area contributed by atoms with Gasteiger partial charge in [-0.05, 0) is 17.7 Å². The number of nitrogens with two attached hydrogens (primary N) is 1. The molecule has 1 heterocycles. The standard InChI is InChI=1S/C19H23N3O3S/c1-23-15-9-13(10-16(24-2)18(15)25-3)17(22-20)14-11-26-19(21-14)12-7-5-4-6-8-12/h4-10,14,19,21H,11,20H2,1-3H3/b22-17+. The molecule has 2 aromatic carbocycles. The molecule has 0 spiro atoms. The molecule has 3 N–H and O–H groups in total. The SMILES string of the molecule is COc1cc(/C(=N\N)C2CSC(c3ccccc3)N2)cc(OC)c1OC. The Balaban J connectivity index is 1.88. The summed E-state index contributed by atoms with van der Waals surface area (Å²) in [5.74, 6) is 8.32. The summed E-state index contributed by atoms with van der Waals surface area (Å²) in [5, 5.41) is 7.87. The highest BCUT2D eigenvalue weighted by Gasteiger charge is 2.30. The molecule has 0 amide bonds. The fourth-order valence-electron chi connectivity index (χ4n) is 3.04. The number of rotatable bonds is 6. The van der Waals surface area contributed by atoms with Crippen LogP contribution in [0.5, 0.6) is 17.2 Å². The maximum absolute atomic E-state index is 5.75. The van der Waals surface area contributed by atoms with Gasteiger partial charge in [0.25, 0.3) is 0 Å². The molecule has 0 aromatic heterocycles. The topological polar surface area (TPSA) is 78.1 Å². The molecule has 138 valence electrons. The van der Waals surface area contributed by atoms with Crippen LogP contribution in [0.15, 0.2) is 47.6 Å². The molecule has 0 aliphatic carbocycles. The van der Waals surface area contributed by atoms with E-state index >= 15 is 0 Å². The molecule has 6 nitrogen and oxygen atoms in total. The first-order valence-electron chi connectivity index (χ1n) is 8.22. The van der Waals surface area contributed by atoms with E-state index < -0.39 is 0 Å². The van der Waals surface area contributed by atoms with E-state index in [0.717, 1.165) is 17.0 Å². The zero-order valence-electron chi connectivity index (χ0n) is 15.1. The van der Waals surface area contributed by atoms with Gasteiger partial charge < -0.3 is 20.1 Å². The maximum atomic E-state index is 5.75. The lowest BCUT2D eigenvalue weighted by atomic mass is 10.0. The van der Waals surface area contributed by atoms with Gasteiger partial charge in [0.05, 0.1) is 38.5 Å². The molecule has 1 aliphatic rings. The minimum Gasteiger partial charge on any atom is -0.493 e. The number of hydrogen-bond acceptors (Lipinski definition) is 7. The van der Waals surface area contributed by atoms with E-state index in [2.05, 4.69) is 22.6 Å². The third-order valence-electron chi connectivity index (χ3n) is 4.31. The van der Waals surface area contributed by atoms with Gasteiger partial charge in [-0.25, -0.2) is 0 Å². The molecule has 2 aromatic rings. The van der Waals surface area contributed by atoms with Gasteiger partial charge >= 0.3 is 0 Å². The van der Waals surface area contributed by atoms with Crippen LogP contribution in [0.3, 0.4) is 0 Å². The molecule has 7 heteroatoms. The fraction of sp³-hybridized carbons (Fsp3) is 0.316. The van der Waals surface area contributed by atoms with Gasteiger partial charge in [-0.1, -0.05) is 30.3 Å². The second-order valence-corrected chi connectivity index (χ2v) is 6.91. The van der Waals surface area contributed by atoms with Crippen LogP contribution in [0.4, 0.5) is 0 Å². The second kappa shape index (κ2) is 8.33. The summed E-state index contributed by atoms with van der Waals surface area (Å²) in [6, 6.07) is 14.1. The van der Waals surface area contributed by atoms with Crippen molar-refractivity contribution in [3.05, 3.63) is 53.6 Å². The summed E-state index contributed by atoms with van der Waals surface area (Å²) >= 11 is 1.83. The van der Waals surface area contributed by atoms with Gasteiger partial charge in [0.2, 0.25) is 5.75 Å². The number of thioether (sulfide) groups is 1. The summed E-state index contributed by atoms with van der Waals surface area (Å²) < 4.78 is 16.3. The van der Waals surface area contributed by atoms with Gasteiger partial charge in [0, 0.05) is 11.3 Å². The van der Waals surface area contributed by atoms with Crippen LogP contribution in [0.1, 0.15) is 16.5 Å². The van der Waals surface area contributed by atoms with Gasteiger partial charge in [-0.15, -0.1) is 11.8 Å². The van der Waals surface area contributed by atoms with Crippen molar-refractivity contribution in [3.63, 3.8) is 0 Å². The van der Waals surface area contributed by atoms with E-state index in [0.29, 0.717) is 17.2 Å². The Morgan fingerprint density at radius 2 is 1.73 bits per heavy atom. The van der Waals surface area contributed by atoms with Crippen molar-refractivity contribution in [2.24, 2.45) is 10.9 Å². The van der Waals surface area contributed by atoms with E-state index in [1.54, 1.807) is 21.3 Å². The molecular weight excluding hydrogens is 350 g/mol. The smallest absolute Gasteiger partial charge is 0.203 e. The van der Waals surface area contributed by atoms with Crippen LogP contribution in [-0.4, -0.2) is 38.8 Å². The van der Waals surface area contributed by atoms with Gasteiger partial charge in [0.1, 0.15) is 0 Å². The Morgan fingerprint density at radius 1 is 1.08 bits per heavy atom. The second-order valence-electron chi connectivity index (χ2n) is 5.77. The number of hydrogen-bond donors (Lipinski definition) is 2. The lowest BCUT2D eigenvalue weighted by molar-refractivity contribution is 0.324. The minimum absolute atomic E-state index is 0.0259. The maximum Gasteiger partial charge on any atom is 0.203 e. The number of nitrogens with zero attached hydrogens (tertiary/aromatic N) is 1. The van der Waals surface area contributed by atoms with Crippen molar-refractivity contribution in [1.82, 2.24) is 5.32 Å².